The van der Waals surface area contributed by atoms with Gasteiger partial charge in [0.1, 0.15) is 18.1 Å². The number of aromatic nitrogens is 2. The van der Waals surface area contributed by atoms with E-state index in [2.05, 4.69) is 31.2 Å². The lowest BCUT2D eigenvalue weighted by Crippen LogP contribution is -2.42. The predicted octanol–water partition coefficient (Wildman–Crippen LogP) is 3.22. The summed E-state index contributed by atoms with van der Waals surface area (Å²) in [6.07, 6.45) is 0. The zero-order chi connectivity index (χ0) is 21.6. The van der Waals surface area contributed by atoms with Gasteiger partial charge in [-0.15, -0.1) is 0 Å². The van der Waals surface area contributed by atoms with Crippen molar-refractivity contribution in [1.82, 2.24) is 14.7 Å². The van der Waals surface area contributed by atoms with Crippen molar-refractivity contribution in [2.24, 2.45) is 13.0 Å². The van der Waals surface area contributed by atoms with Crippen molar-refractivity contribution < 1.29 is 14.3 Å². The first kappa shape index (κ1) is 22.5. The molecule has 0 unspecified atom stereocenters. The largest absolute Gasteiger partial charge is 0.484 e. The molecule has 0 atom stereocenters. The molecule has 1 heterocycles. The second-order valence-corrected chi connectivity index (χ2v) is 8.61. The number of aryl methyl sites for hydroxylation is 1. The Hall–Kier alpha value is -2.83. The van der Waals surface area contributed by atoms with Gasteiger partial charge in [-0.1, -0.05) is 52.8 Å². The molecule has 29 heavy (non-hydrogen) atoms. The molecule has 1 N–H and O–H groups in total. The van der Waals surface area contributed by atoms with Crippen LogP contribution in [-0.4, -0.2) is 46.2 Å². The Morgan fingerprint density at radius 3 is 2.41 bits per heavy atom. The van der Waals surface area contributed by atoms with E-state index in [4.69, 9.17) is 4.74 Å². The molecule has 1 aromatic carbocycles. The maximum Gasteiger partial charge on any atom is 0.260 e. The van der Waals surface area contributed by atoms with E-state index in [0.717, 1.165) is 5.69 Å². The Morgan fingerprint density at radius 2 is 1.86 bits per heavy atom. The number of amides is 2. The van der Waals surface area contributed by atoms with Gasteiger partial charge in [-0.2, -0.15) is 5.10 Å². The monoisotopic (exact) mass is 400 g/mol. The molecular formula is C22H32N4O3. The summed E-state index contributed by atoms with van der Waals surface area (Å²) in [4.78, 5) is 26.8. The van der Waals surface area contributed by atoms with Crippen LogP contribution >= 0.6 is 0 Å². The first-order valence-corrected chi connectivity index (χ1v) is 9.86. The maximum atomic E-state index is 12.6. The number of hydrogen-bond donors (Lipinski definition) is 1. The van der Waals surface area contributed by atoms with E-state index in [1.807, 2.05) is 38.1 Å². The fourth-order valence-corrected chi connectivity index (χ4v) is 2.75. The van der Waals surface area contributed by atoms with Crippen molar-refractivity contribution in [2.45, 2.75) is 40.0 Å². The number of ether oxygens (including phenoxy) is 1. The molecule has 158 valence electrons. The van der Waals surface area contributed by atoms with Crippen molar-refractivity contribution in [2.75, 3.05) is 25.0 Å². The minimum atomic E-state index is -0.262. The highest BCUT2D eigenvalue weighted by molar-refractivity contribution is 5.94. The molecule has 0 radical (unpaired) electrons. The fraction of sp³-hybridized carbons (Fsp3) is 0.500. The topological polar surface area (TPSA) is 76.5 Å². The highest BCUT2D eigenvalue weighted by Crippen LogP contribution is 2.23. The number of nitrogens with zero attached hydrogens (tertiary/aromatic N) is 3. The van der Waals surface area contributed by atoms with Crippen molar-refractivity contribution in [3.63, 3.8) is 0 Å². The molecule has 0 spiro atoms. The number of benzene rings is 1. The highest BCUT2D eigenvalue weighted by atomic mass is 16.5. The molecule has 0 aliphatic rings. The second kappa shape index (κ2) is 9.58. The van der Waals surface area contributed by atoms with Gasteiger partial charge in [-0.05, 0) is 18.1 Å². The van der Waals surface area contributed by atoms with Crippen molar-refractivity contribution >= 4 is 17.6 Å². The summed E-state index contributed by atoms with van der Waals surface area (Å²) in [7, 11) is 1.79. The lowest BCUT2D eigenvalue weighted by Gasteiger charge is -2.24. The Balaban J connectivity index is 2.00. The van der Waals surface area contributed by atoms with Crippen LogP contribution in [0.4, 0.5) is 5.82 Å². The molecule has 0 aliphatic carbocycles. The number of carbonyl (C=O) groups is 2. The molecule has 0 bridgehead atoms. The SMILES string of the molecule is CC(C)CN(CC(=O)Nc1cc(C(C)(C)C)nn1C)C(=O)COc1ccccc1. The van der Waals surface area contributed by atoms with Gasteiger partial charge >= 0.3 is 0 Å². The van der Waals surface area contributed by atoms with Crippen molar-refractivity contribution in [1.29, 1.82) is 0 Å². The second-order valence-electron chi connectivity index (χ2n) is 8.61. The van der Waals surface area contributed by atoms with Crippen LogP contribution in [0.2, 0.25) is 0 Å². The standard InChI is InChI=1S/C22H32N4O3/c1-16(2)13-26(21(28)15-29-17-10-8-7-9-11-17)14-20(27)23-19-12-18(22(3,4)5)24-25(19)6/h7-12,16H,13-15H2,1-6H3,(H,23,27). The summed E-state index contributed by atoms with van der Waals surface area (Å²) in [5, 5.41) is 7.32. The van der Waals surface area contributed by atoms with Gasteiger partial charge in [0.15, 0.2) is 6.61 Å². The van der Waals surface area contributed by atoms with Crippen LogP contribution in [0.3, 0.4) is 0 Å². The molecule has 2 aromatic rings. The quantitative estimate of drug-likeness (QED) is 0.738. The molecule has 2 rings (SSSR count). The van der Waals surface area contributed by atoms with E-state index in [9.17, 15) is 9.59 Å². The molecule has 7 nitrogen and oxygen atoms in total. The summed E-state index contributed by atoms with van der Waals surface area (Å²) in [6.45, 7) is 10.5. The number of rotatable bonds is 8. The molecule has 1 aromatic heterocycles. The molecule has 0 fully saturated rings. The van der Waals surface area contributed by atoms with Crippen LogP contribution in [0, 0.1) is 5.92 Å². The normalized spacial score (nSPS) is 11.4. The third kappa shape index (κ3) is 6.93. The Labute approximate surface area is 173 Å². The zero-order valence-electron chi connectivity index (χ0n) is 18.2. The number of carbonyl (C=O) groups excluding carboxylic acids is 2. The van der Waals surface area contributed by atoms with Crippen LogP contribution in [0.1, 0.15) is 40.3 Å². The Kier molecular flexibility index (Phi) is 7.42. The average molecular weight is 401 g/mol. The molecular weight excluding hydrogens is 368 g/mol. The van der Waals surface area contributed by atoms with Gasteiger partial charge in [0.05, 0.1) is 5.69 Å². The van der Waals surface area contributed by atoms with E-state index < -0.39 is 0 Å². The van der Waals surface area contributed by atoms with Gasteiger partial charge in [0.2, 0.25) is 5.91 Å². The molecule has 0 saturated carbocycles. The molecule has 7 heteroatoms. The lowest BCUT2D eigenvalue weighted by atomic mass is 9.92. The van der Waals surface area contributed by atoms with Crippen molar-refractivity contribution in [3.8, 4) is 5.75 Å². The van der Waals surface area contributed by atoms with Crippen LogP contribution in [-0.2, 0) is 22.1 Å². The van der Waals surface area contributed by atoms with Gasteiger partial charge in [-0.25, -0.2) is 0 Å². The van der Waals surface area contributed by atoms with Crippen LogP contribution in [0.5, 0.6) is 5.75 Å². The maximum absolute atomic E-state index is 12.6. The fourth-order valence-electron chi connectivity index (χ4n) is 2.75. The minimum Gasteiger partial charge on any atom is -0.484 e. The summed E-state index contributed by atoms with van der Waals surface area (Å²) >= 11 is 0. The Morgan fingerprint density at radius 1 is 1.21 bits per heavy atom. The summed E-state index contributed by atoms with van der Waals surface area (Å²) in [5.74, 6) is 0.977. The van der Waals surface area contributed by atoms with E-state index in [1.54, 1.807) is 23.9 Å². The average Bonchev–Trinajstić information content (AvgIpc) is 3.00. The minimum absolute atomic E-state index is 0.0365. The van der Waals surface area contributed by atoms with Crippen LogP contribution in [0.25, 0.3) is 0 Å². The molecule has 0 aliphatic heterocycles. The first-order chi connectivity index (χ1) is 13.6. The number of para-hydroxylation sites is 1. The van der Waals surface area contributed by atoms with E-state index in [-0.39, 0.29) is 36.3 Å². The smallest absolute Gasteiger partial charge is 0.260 e. The van der Waals surface area contributed by atoms with Gasteiger partial charge in [-0.3, -0.25) is 14.3 Å². The lowest BCUT2D eigenvalue weighted by molar-refractivity contribution is -0.137. The summed E-state index contributed by atoms with van der Waals surface area (Å²) in [5.41, 5.74) is 0.775. The first-order valence-electron chi connectivity index (χ1n) is 9.86. The van der Waals surface area contributed by atoms with Crippen molar-refractivity contribution in [3.05, 3.63) is 42.1 Å². The zero-order valence-corrected chi connectivity index (χ0v) is 18.2. The Bertz CT molecular complexity index is 822. The number of nitrogens with one attached hydrogen (secondary N) is 1. The number of anilines is 1. The van der Waals surface area contributed by atoms with Gasteiger partial charge < -0.3 is 15.0 Å². The van der Waals surface area contributed by atoms with E-state index in [1.165, 1.54) is 4.90 Å². The van der Waals surface area contributed by atoms with E-state index in [0.29, 0.717) is 18.1 Å². The van der Waals surface area contributed by atoms with Gasteiger partial charge in [0, 0.05) is 25.1 Å². The molecule has 2 amide bonds. The highest BCUT2D eigenvalue weighted by Gasteiger charge is 2.22. The molecule has 0 saturated heterocycles. The third-order valence-corrected chi connectivity index (χ3v) is 4.29. The predicted molar refractivity (Wildman–Crippen MR) is 114 cm³/mol. The van der Waals surface area contributed by atoms with Crippen LogP contribution in [0.15, 0.2) is 36.4 Å². The van der Waals surface area contributed by atoms with Crippen LogP contribution < -0.4 is 10.1 Å². The van der Waals surface area contributed by atoms with Gasteiger partial charge in [0.25, 0.3) is 5.91 Å². The summed E-state index contributed by atoms with van der Waals surface area (Å²) in [6, 6.07) is 11.0. The number of hydrogen-bond acceptors (Lipinski definition) is 4. The van der Waals surface area contributed by atoms with E-state index >= 15 is 0 Å². The summed E-state index contributed by atoms with van der Waals surface area (Å²) < 4.78 is 7.20. The third-order valence-electron chi connectivity index (χ3n) is 4.29.